The molecular weight excluding hydrogens is 416 g/mol. The molecule has 0 aliphatic rings. The first-order valence-corrected chi connectivity index (χ1v) is 11.2. The first kappa shape index (κ1) is 21.3. The van der Waals surface area contributed by atoms with Gasteiger partial charge in [-0.05, 0) is 40.5 Å². The molecule has 0 aliphatic carbocycles. The summed E-state index contributed by atoms with van der Waals surface area (Å²) in [6, 6.07) is 42.2. The summed E-state index contributed by atoms with van der Waals surface area (Å²) >= 11 is 0. The molecule has 162 valence electrons. The number of benzene rings is 5. The fraction of sp³-hybridized carbons (Fsp3) is 0. The van der Waals surface area contributed by atoms with Gasteiger partial charge in [0.2, 0.25) is 0 Å². The van der Waals surface area contributed by atoms with Crippen LogP contribution in [0, 0.1) is 0 Å². The Morgan fingerprint density at radius 3 is 1.06 bits per heavy atom. The first-order valence-electron chi connectivity index (χ1n) is 11.2. The van der Waals surface area contributed by atoms with Gasteiger partial charge in [-0.2, -0.15) is 0 Å². The predicted molar refractivity (Wildman–Crippen MR) is 137 cm³/mol. The Kier molecular flexibility index (Phi) is 5.96. The summed E-state index contributed by atoms with van der Waals surface area (Å²) in [5.41, 5.74) is 6.64. The van der Waals surface area contributed by atoms with E-state index in [0.717, 1.165) is 22.3 Å². The number of hydrogen-bond acceptors (Lipinski definition) is 2. The average Bonchev–Trinajstić information content (AvgIpc) is 2.93. The summed E-state index contributed by atoms with van der Waals surface area (Å²) in [7, 11) is 0. The topological polar surface area (TPSA) is 34.1 Å². The molecule has 0 atom stereocenters. The van der Waals surface area contributed by atoms with Crippen molar-refractivity contribution in [2.45, 2.75) is 0 Å². The van der Waals surface area contributed by atoms with Crippen LogP contribution >= 0.6 is 0 Å². The van der Waals surface area contributed by atoms with Crippen LogP contribution in [0.25, 0.3) is 22.3 Å². The average molecular weight is 439 g/mol. The van der Waals surface area contributed by atoms with Crippen LogP contribution in [0.4, 0.5) is 0 Å². The highest BCUT2D eigenvalue weighted by Gasteiger charge is 2.12. The van der Waals surface area contributed by atoms with Crippen molar-refractivity contribution in [2.75, 3.05) is 0 Å². The van der Waals surface area contributed by atoms with Gasteiger partial charge in [0.15, 0.2) is 11.6 Å². The molecule has 5 rings (SSSR count). The van der Waals surface area contributed by atoms with Crippen molar-refractivity contribution >= 4 is 11.6 Å². The van der Waals surface area contributed by atoms with Crippen LogP contribution in [0.5, 0.6) is 0 Å². The van der Waals surface area contributed by atoms with Crippen molar-refractivity contribution < 1.29 is 9.59 Å². The minimum atomic E-state index is 0.00531. The van der Waals surface area contributed by atoms with E-state index >= 15 is 0 Å². The molecule has 5 aromatic rings. The van der Waals surface area contributed by atoms with Crippen LogP contribution in [-0.2, 0) is 0 Å². The van der Waals surface area contributed by atoms with E-state index in [1.54, 1.807) is 0 Å². The number of carbonyl (C=O) groups is 2. The highest BCUT2D eigenvalue weighted by Crippen LogP contribution is 2.28. The maximum atomic E-state index is 12.9. The Morgan fingerprint density at radius 1 is 0.324 bits per heavy atom. The normalized spacial score (nSPS) is 10.6. The van der Waals surface area contributed by atoms with Gasteiger partial charge in [-0.1, -0.05) is 115 Å². The van der Waals surface area contributed by atoms with Gasteiger partial charge in [0.25, 0.3) is 0 Å². The third kappa shape index (κ3) is 4.48. The Morgan fingerprint density at radius 2 is 0.647 bits per heavy atom. The van der Waals surface area contributed by atoms with Crippen molar-refractivity contribution in [3.05, 3.63) is 156 Å². The fourth-order valence-electron chi connectivity index (χ4n) is 4.07. The Balaban J connectivity index is 1.46. The molecule has 5 aromatic carbocycles. The van der Waals surface area contributed by atoms with Crippen molar-refractivity contribution in [1.82, 2.24) is 0 Å². The summed E-state index contributed by atoms with van der Waals surface area (Å²) in [4.78, 5) is 25.8. The molecule has 0 heterocycles. The molecule has 0 fully saturated rings. The zero-order valence-corrected chi connectivity index (χ0v) is 18.5. The molecule has 2 heteroatoms. The van der Waals surface area contributed by atoms with Gasteiger partial charge in [0, 0.05) is 22.3 Å². The van der Waals surface area contributed by atoms with E-state index in [1.807, 2.05) is 127 Å². The third-order valence-electron chi connectivity index (χ3n) is 5.85. The number of carbonyl (C=O) groups excluding carboxylic acids is 2. The van der Waals surface area contributed by atoms with Gasteiger partial charge in [0.1, 0.15) is 0 Å². The molecule has 0 spiro atoms. The zero-order chi connectivity index (χ0) is 23.3. The van der Waals surface area contributed by atoms with Gasteiger partial charge in [-0.15, -0.1) is 0 Å². The van der Waals surface area contributed by atoms with Gasteiger partial charge < -0.3 is 0 Å². The largest absolute Gasteiger partial charge is 0.289 e. The lowest BCUT2D eigenvalue weighted by atomic mass is 9.94. The molecule has 0 aromatic heterocycles. The van der Waals surface area contributed by atoms with Gasteiger partial charge in [0.05, 0.1) is 0 Å². The van der Waals surface area contributed by atoms with Crippen LogP contribution in [0.2, 0.25) is 0 Å². The van der Waals surface area contributed by atoms with E-state index < -0.39 is 0 Å². The smallest absolute Gasteiger partial charge is 0.193 e. The van der Waals surface area contributed by atoms with Crippen molar-refractivity contribution in [1.29, 1.82) is 0 Å². The Labute approximate surface area is 199 Å². The molecule has 0 N–H and O–H groups in total. The molecule has 0 radical (unpaired) electrons. The second kappa shape index (κ2) is 9.51. The second-order valence-corrected chi connectivity index (χ2v) is 8.13. The molecular formula is C32H22O2. The van der Waals surface area contributed by atoms with E-state index in [1.165, 1.54) is 0 Å². The van der Waals surface area contributed by atoms with Gasteiger partial charge >= 0.3 is 0 Å². The van der Waals surface area contributed by atoms with E-state index in [2.05, 4.69) is 6.07 Å². The molecule has 0 saturated heterocycles. The lowest BCUT2D eigenvalue weighted by molar-refractivity contribution is 0.103. The monoisotopic (exact) mass is 438 g/mol. The third-order valence-corrected chi connectivity index (χ3v) is 5.85. The Hall–Kier alpha value is -4.56. The SMILES string of the molecule is O=C(c1ccccc1)c1cccc(-c2cccc(-c3cccc(C(=O)c4ccccc4)c3)c2)c1. The minimum absolute atomic E-state index is 0.00531. The highest BCUT2D eigenvalue weighted by molar-refractivity contribution is 6.10. The van der Waals surface area contributed by atoms with Crippen LogP contribution < -0.4 is 0 Å². The predicted octanol–water partition coefficient (Wildman–Crippen LogP) is 7.48. The number of hydrogen-bond donors (Lipinski definition) is 0. The minimum Gasteiger partial charge on any atom is -0.289 e. The second-order valence-electron chi connectivity index (χ2n) is 8.13. The lowest BCUT2D eigenvalue weighted by Gasteiger charge is -2.09. The first-order chi connectivity index (χ1) is 16.7. The fourth-order valence-corrected chi connectivity index (χ4v) is 4.07. The maximum Gasteiger partial charge on any atom is 0.193 e. The quantitative estimate of drug-likeness (QED) is 0.258. The van der Waals surface area contributed by atoms with E-state index in [-0.39, 0.29) is 11.6 Å². The molecule has 2 nitrogen and oxygen atoms in total. The summed E-state index contributed by atoms with van der Waals surface area (Å²) in [5.74, 6) is 0.0106. The van der Waals surface area contributed by atoms with E-state index in [4.69, 9.17) is 0 Å². The lowest BCUT2D eigenvalue weighted by Crippen LogP contribution is -2.01. The van der Waals surface area contributed by atoms with E-state index in [9.17, 15) is 9.59 Å². The van der Waals surface area contributed by atoms with Crippen molar-refractivity contribution in [3.63, 3.8) is 0 Å². The molecule has 0 bridgehead atoms. The number of rotatable bonds is 6. The molecule has 0 aliphatic heterocycles. The summed E-state index contributed by atoms with van der Waals surface area (Å²) in [5, 5.41) is 0. The maximum absolute atomic E-state index is 12.9. The summed E-state index contributed by atoms with van der Waals surface area (Å²) < 4.78 is 0. The van der Waals surface area contributed by atoms with Crippen LogP contribution in [0.3, 0.4) is 0 Å². The highest BCUT2D eigenvalue weighted by atomic mass is 16.1. The van der Waals surface area contributed by atoms with Crippen molar-refractivity contribution in [2.24, 2.45) is 0 Å². The van der Waals surface area contributed by atoms with Crippen LogP contribution in [0.15, 0.2) is 133 Å². The van der Waals surface area contributed by atoms with Gasteiger partial charge in [-0.25, -0.2) is 0 Å². The van der Waals surface area contributed by atoms with Crippen molar-refractivity contribution in [3.8, 4) is 22.3 Å². The Bertz CT molecular complexity index is 1360. The summed E-state index contributed by atoms with van der Waals surface area (Å²) in [6.45, 7) is 0. The molecule has 0 saturated carbocycles. The van der Waals surface area contributed by atoms with Crippen LogP contribution in [-0.4, -0.2) is 11.6 Å². The van der Waals surface area contributed by atoms with Gasteiger partial charge in [-0.3, -0.25) is 9.59 Å². The molecule has 0 amide bonds. The standard InChI is InChI=1S/C32H22O2/c33-31(23-10-3-1-4-11-23)29-18-8-16-27(21-29)25-14-7-15-26(20-25)28-17-9-19-30(22-28)32(34)24-12-5-2-6-13-24/h1-22H. The number of ketones is 2. The zero-order valence-electron chi connectivity index (χ0n) is 18.5. The van der Waals surface area contributed by atoms with Crippen LogP contribution in [0.1, 0.15) is 31.8 Å². The van der Waals surface area contributed by atoms with E-state index in [0.29, 0.717) is 22.3 Å². The molecule has 34 heavy (non-hydrogen) atoms. The summed E-state index contributed by atoms with van der Waals surface area (Å²) in [6.07, 6.45) is 0. The molecule has 0 unspecified atom stereocenters.